The number of hydrogen-bond donors (Lipinski definition) is 5. The van der Waals surface area contributed by atoms with Gasteiger partial charge in [0.05, 0.1) is 102 Å². The summed E-state index contributed by atoms with van der Waals surface area (Å²) >= 11 is 1.11. The molecule has 6 atom stereocenters. The minimum atomic E-state index is -1.10. The number of likely N-dealkylation sites (N-methyl/N-ethyl adjacent to an activating group) is 2. The third-order valence-electron chi connectivity index (χ3n) is 14.8. The second kappa shape index (κ2) is 35.0. The smallest absolute Gasteiger partial charge is 0.306 e. The number of imide groups is 2. The van der Waals surface area contributed by atoms with E-state index in [1.165, 1.54) is 43.5 Å². The summed E-state index contributed by atoms with van der Waals surface area (Å²) in [4.78, 5) is 138. The third-order valence-corrected chi connectivity index (χ3v) is 15.7. The minimum absolute atomic E-state index is 0.00484. The molecule has 1 aromatic heterocycles. The van der Waals surface area contributed by atoms with E-state index in [0.29, 0.717) is 17.1 Å². The Hall–Kier alpha value is -6.81. The first kappa shape index (κ1) is 70.7. The Morgan fingerprint density at radius 1 is 0.729 bits per heavy atom. The van der Waals surface area contributed by atoms with Crippen molar-refractivity contribution < 1.29 is 76.7 Å². The number of nitrogens with one attached hydrogen (secondary N) is 4. The zero-order valence-corrected chi connectivity index (χ0v) is 51.7. The van der Waals surface area contributed by atoms with E-state index in [-0.39, 0.29) is 138 Å². The van der Waals surface area contributed by atoms with E-state index in [4.69, 9.17) is 23.7 Å². The van der Waals surface area contributed by atoms with Crippen LogP contribution in [0.4, 0.5) is 11.4 Å². The Balaban J connectivity index is 1.47. The summed E-state index contributed by atoms with van der Waals surface area (Å²) < 4.78 is 27.9. The molecule has 0 fully saturated rings. The lowest BCUT2D eigenvalue weighted by molar-refractivity contribution is -0.149. The quantitative estimate of drug-likeness (QED) is 0.0358. The summed E-state index contributed by atoms with van der Waals surface area (Å²) in [7, 11) is 5.73. The molecule has 0 aliphatic carbocycles. The second-order valence-electron chi connectivity index (χ2n) is 22.2. The first-order chi connectivity index (χ1) is 40.2. The van der Waals surface area contributed by atoms with Crippen molar-refractivity contribution in [3.05, 3.63) is 64.1 Å². The fourth-order valence-corrected chi connectivity index (χ4v) is 9.75. The van der Waals surface area contributed by atoms with Gasteiger partial charge in [-0.25, -0.2) is 4.98 Å². The molecule has 26 heteroatoms. The van der Waals surface area contributed by atoms with Gasteiger partial charge in [0.1, 0.15) is 10.7 Å². The number of rotatable bonds is 40. The number of esters is 1. The van der Waals surface area contributed by atoms with Crippen molar-refractivity contribution in [1.82, 2.24) is 35.2 Å². The van der Waals surface area contributed by atoms with Gasteiger partial charge >= 0.3 is 11.9 Å². The van der Waals surface area contributed by atoms with Crippen LogP contribution in [-0.4, -0.2) is 206 Å². The van der Waals surface area contributed by atoms with Gasteiger partial charge in [0.15, 0.2) is 6.10 Å². The lowest BCUT2D eigenvalue weighted by atomic mass is 9.92. The van der Waals surface area contributed by atoms with E-state index in [2.05, 4.69) is 45.0 Å². The topological polar surface area (TPSA) is 311 Å². The Morgan fingerprint density at radius 2 is 1.25 bits per heavy atom. The fourth-order valence-electron chi connectivity index (χ4n) is 8.91. The molecule has 0 bridgehead atoms. The molecular formula is C59H87N9O16S. The maximum Gasteiger partial charge on any atom is 0.306 e. The Labute approximate surface area is 501 Å². The standard InChI is InChI=1S/C59H87N9O16S/c1-12-38(4)54(60-36-59(7,8)65(9)10)57(77)66(11)46(37(2)3)34-47(84-40(6)69)56-64-45(35-85-56)55(76)61-42(31-39(5)58(78)79)32-41-13-14-43(62-48(70)19-23-80-27-29-82-25-21-67-50(72)15-16-51(67)73)44(33-41)63-49(71)20-24-81-28-30-83-26-22-68-52(74)17-18-53(68)75/h13-18,33,35,37-39,42,46-47,54,60H,12,19-32,34,36H2,1-11H3,(H,61,76)(H,62,70)(H,63,71)(H,78,79)/t38-,39?,42+,46?,47+,54-/m0/s1. The first-order valence-corrected chi connectivity index (χ1v) is 29.5. The molecule has 0 saturated carbocycles. The number of ether oxygens (including phenoxy) is 5. The van der Waals surface area contributed by atoms with Crippen LogP contribution in [0.1, 0.15) is 115 Å². The zero-order chi connectivity index (χ0) is 63.0. The van der Waals surface area contributed by atoms with Crippen LogP contribution in [0.15, 0.2) is 47.9 Å². The van der Waals surface area contributed by atoms with Gasteiger partial charge in [-0.3, -0.25) is 57.7 Å². The zero-order valence-electron chi connectivity index (χ0n) is 50.9. The van der Waals surface area contributed by atoms with E-state index in [1.807, 2.05) is 41.8 Å². The van der Waals surface area contributed by atoms with Crippen LogP contribution < -0.4 is 21.3 Å². The lowest BCUT2D eigenvalue weighted by Crippen LogP contribution is -2.57. The average Bonchev–Trinajstić information content (AvgIpc) is 4.18. The van der Waals surface area contributed by atoms with Gasteiger partial charge in [-0.15, -0.1) is 11.3 Å². The van der Waals surface area contributed by atoms with Gasteiger partial charge in [-0.2, -0.15) is 0 Å². The predicted molar refractivity (Wildman–Crippen MR) is 316 cm³/mol. The molecule has 0 saturated heterocycles. The lowest BCUT2D eigenvalue weighted by Gasteiger charge is -2.39. The number of hydrogen-bond acceptors (Lipinski definition) is 19. The van der Waals surface area contributed by atoms with Gasteiger partial charge in [0, 0.05) is 74.2 Å². The molecule has 0 radical (unpaired) electrons. The van der Waals surface area contributed by atoms with E-state index >= 15 is 0 Å². The van der Waals surface area contributed by atoms with Crippen LogP contribution in [0.5, 0.6) is 0 Å². The molecule has 1 aromatic carbocycles. The van der Waals surface area contributed by atoms with E-state index in [1.54, 1.807) is 30.1 Å². The number of carboxylic acid groups (broad SMARTS) is 1. The van der Waals surface area contributed by atoms with Crippen LogP contribution in [0.3, 0.4) is 0 Å². The number of nitrogens with zero attached hydrogens (tertiary/aromatic N) is 5. The molecule has 8 amide bonds. The summed E-state index contributed by atoms with van der Waals surface area (Å²) in [6.45, 7) is 16.5. The second-order valence-corrected chi connectivity index (χ2v) is 23.1. The molecule has 2 aliphatic rings. The fraction of sp³-hybridized carbons (Fsp3) is 0.610. The van der Waals surface area contributed by atoms with Crippen LogP contribution >= 0.6 is 11.3 Å². The van der Waals surface area contributed by atoms with Gasteiger partial charge < -0.3 is 59.9 Å². The number of aromatic nitrogens is 1. The summed E-state index contributed by atoms with van der Waals surface area (Å²) in [5.41, 5.74) is 0.740. The largest absolute Gasteiger partial charge is 0.481 e. The van der Waals surface area contributed by atoms with E-state index in [0.717, 1.165) is 27.6 Å². The van der Waals surface area contributed by atoms with Crippen molar-refractivity contribution in [3.8, 4) is 0 Å². The van der Waals surface area contributed by atoms with Crippen molar-refractivity contribution in [1.29, 1.82) is 0 Å². The summed E-state index contributed by atoms with van der Waals surface area (Å²) in [5.74, 6) is -5.97. The highest BCUT2D eigenvalue weighted by molar-refractivity contribution is 7.09. The van der Waals surface area contributed by atoms with Crippen LogP contribution in [0.2, 0.25) is 0 Å². The van der Waals surface area contributed by atoms with Crippen molar-refractivity contribution in [2.45, 2.75) is 124 Å². The highest BCUT2D eigenvalue weighted by atomic mass is 32.1. The molecule has 25 nitrogen and oxygen atoms in total. The monoisotopic (exact) mass is 1210 g/mol. The summed E-state index contributed by atoms with van der Waals surface area (Å²) in [5, 5.41) is 23.9. The minimum Gasteiger partial charge on any atom is -0.481 e. The molecule has 0 spiro atoms. The molecule has 85 heavy (non-hydrogen) atoms. The Kier molecular flexibility index (Phi) is 29.1. The molecule has 2 aromatic rings. The molecule has 2 aliphatic heterocycles. The number of anilines is 2. The molecule has 3 heterocycles. The highest BCUT2D eigenvalue weighted by Gasteiger charge is 2.36. The van der Waals surface area contributed by atoms with Gasteiger partial charge in [0.2, 0.25) is 17.7 Å². The number of carbonyl (C=O) groups is 10. The Morgan fingerprint density at radius 3 is 1.73 bits per heavy atom. The number of benzene rings is 1. The molecular weight excluding hydrogens is 1120 g/mol. The molecule has 2 unspecified atom stereocenters. The SMILES string of the molecule is CC[C@H](C)[C@H](NCC(C)(C)N(C)C)C(=O)N(C)C(C[C@@H](OC(C)=O)c1nc(C(=O)N[C@@H](Cc2ccc(NC(=O)CCOCCOCCN3C(=O)C=CC3=O)c(NC(=O)CCOCCOCCN3C(=O)C=CC3=O)c2)CC(C)C(=O)O)cs1)C(C)C. The first-order valence-electron chi connectivity index (χ1n) is 28.7. The van der Waals surface area contributed by atoms with Crippen molar-refractivity contribution in [2.75, 3.05) is 104 Å². The van der Waals surface area contributed by atoms with Crippen LogP contribution in [0.25, 0.3) is 0 Å². The number of thiazole rings is 1. The number of carbonyl (C=O) groups excluding carboxylic acids is 9. The van der Waals surface area contributed by atoms with Gasteiger partial charge in [-0.05, 0) is 70.3 Å². The van der Waals surface area contributed by atoms with Gasteiger partial charge in [-0.1, -0.05) is 47.1 Å². The van der Waals surface area contributed by atoms with Crippen LogP contribution in [0, 0.1) is 17.8 Å². The molecule has 4 rings (SSSR count). The predicted octanol–water partition coefficient (Wildman–Crippen LogP) is 3.99. The van der Waals surface area contributed by atoms with Crippen molar-refractivity contribution >= 4 is 81.9 Å². The van der Waals surface area contributed by atoms with Crippen molar-refractivity contribution in [3.63, 3.8) is 0 Å². The summed E-state index contributed by atoms with van der Waals surface area (Å²) in [6, 6.07) is 3.14. The molecule has 470 valence electrons. The van der Waals surface area contributed by atoms with E-state index < -0.39 is 83.4 Å². The van der Waals surface area contributed by atoms with Crippen molar-refractivity contribution in [2.24, 2.45) is 17.8 Å². The number of amides is 8. The summed E-state index contributed by atoms with van der Waals surface area (Å²) in [6.07, 6.45) is 4.62. The average molecular weight is 1210 g/mol. The Bertz CT molecular complexity index is 2660. The number of carboxylic acids is 1. The maximum absolute atomic E-state index is 14.4. The van der Waals surface area contributed by atoms with E-state index in [9.17, 15) is 53.1 Å². The molecule has 5 N–H and O–H groups in total. The third kappa shape index (κ3) is 23.2. The highest BCUT2D eigenvalue weighted by Crippen LogP contribution is 2.32. The van der Waals surface area contributed by atoms with Gasteiger partial charge in [0.25, 0.3) is 29.5 Å². The number of aliphatic carboxylic acids is 1. The normalized spacial score (nSPS) is 15.5. The maximum atomic E-state index is 14.4. The van der Waals surface area contributed by atoms with Crippen LogP contribution in [-0.2, 0) is 73.3 Å².